The average molecular weight is 593 g/mol. The van der Waals surface area contributed by atoms with Crippen LogP contribution >= 0.6 is 43.2 Å². The molecule has 2 amide bonds. The highest BCUT2D eigenvalue weighted by Crippen LogP contribution is 2.31. The number of hydrogen-bond acceptors (Lipinski definition) is 4. The predicted octanol–water partition coefficient (Wildman–Crippen LogP) is 7.68. The van der Waals surface area contributed by atoms with Gasteiger partial charge in [0.25, 0.3) is 0 Å². The van der Waals surface area contributed by atoms with Crippen LogP contribution in [0, 0.1) is 0 Å². The molecule has 0 fully saturated rings. The van der Waals surface area contributed by atoms with Gasteiger partial charge in [0.2, 0.25) is 0 Å². The Labute approximate surface area is 203 Å². The van der Waals surface area contributed by atoms with Gasteiger partial charge in [0.05, 0.1) is 15.7 Å². The molecular weight excluding hydrogens is 575 g/mol. The molecule has 2 aromatic carbocycles. The molecule has 0 saturated carbocycles. The van der Waals surface area contributed by atoms with Crippen LogP contribution < -0.4 is 10.1 Å². The van der Waals surface area contributed by atoms with Crippen LogP contribution in [0.15, 0.2) is 56.9 Å². The number of halogens is 5. The van der Waals surface area contributed by atoms with Gasteiger partial charge < -0.3 is 15.0 Å². The number of nitrogens with one attached hydrogen (secondary N) is 1. The number of urea groups is 1. The first kappa shape index (κ1) is 24.5. The fourth-order valence-corrected chi connectivity index (χ4v) is 4.52. The molecular formula is C21H18Br2F3N3O2S. The summed E-state index contributed by atoms with van der Waals surface area (Å²) in [5.41, 5.74) is 2.20. The van der Waals surface area contributed by atoms with E-state index >= 15 is 0 Å². The summed E-state index contributed by atoms with van der Waals surface area (Å²) in [6.45, 7) is 4.12. The molecule has 0 atom stereocenters. The monoisotopic (exact) mass is 591 g/mol. The Morgan fingerprint density at radius 1 is 1.22 bits per heavy atom. The van der Waals surface area contributed by atoms with Crippen molar-refractivity contribution in [2.45, 2.75) is 32.8 Å². The number of amides is 2. The van der Waals surface area contributed by atoms with Gasteiger partial charge in [-0.1, -0.05) is 18.2 Å². The second-order valence-corrected chi connectivity index (χ2v) is 10.3. The molecule has 0 saturated heterocycles. The fourth-order valence-electron chi connectivity index (χ4n) is 2.86. The lowest BCUT2D eigenvalue weighted by molar-refractivity contribution is -0.274. The molecule has 0 spiro atoms. The molecule has 5 nitrogen and oxygen atoms in total. The number of benzene rings is 2. The SMILES string of the molecule is CC(C)N(Cc1cccc(-c2ncc(Br)s2)c1)C(=O)Nc1ccc(OC(F)(F)F)cc1Br. The van der Waals surface area contributed by atoms with Crippen LogP contribution in [-0.4, -0.2) is 28.3 Å². The predicted molar refractivity (Wildman–Crippen MR) is 126 cm³/mol. The molecule has 0 radical (unpaired) electrons. The van der Waals surface area contributed by atoms with Crippen molar-refractivity contribution in [3.8, 4) is 16.3 Å². The highest BCUT2D eigenvalue weighted by Gasteiger charge is 2.31. The summed E-state index contributed by atoms with van der Waals surface area (Å²) in [7, 11) is 0. The lowest BCUT2D eigenvalue weighted by atomic mass is 10.1. The minimum Gasteiger partial charge on any atom is -0.406 e. The molecule has 32 heavy (non-hydrogen) atoms. The van der Waals surface area contributed by atoms with Gasteiger partial charge in [-0.15, -0.1) is 24.5 Å². The minimum atomic E-state index is -4.79. The van der Waals surface area contributed by atoms with Gasteiger partial charge in [-0.2, -0.15) is 0 Å². The van der Waals surface area contributed by atoms with Crippen molar-refractivity contribution in [1.29, 1.82) is 0 Å². The van der Waals surface area contributed by atoms with E-state index in [-0.39, 0.29) is 22.3 Å². The molecule has 3 aromatic rings. The Morgan fingerprint density at radius 2 is 1.97 bits per heavy atom. The van der Waals surface area contributed by atoms with E-state index in [1.807, 2.05) is 38.1 Å². The molecule has 1 heterocycles. The zero-order valence-corrected chi connectivity index (χ0v) is 20.9. The molecule has 1 aromatic heterocycles. The van der Waals surface area contributed by atoms with Gasteiger partial charge in [0.1, 0.15) is 10.8 Å². The van der Waals surface area contributed by atoms with Crippen LogP contribution in [0.3, 0.4) is 0 Å². The molecule has 0 aliphatic heterocycles. The molecule has 170 valence electrons. The Morgan fingerprint density at radius 3 is 2.56 bits per heavy atom. The van der Waals surface area contributed by atoms with Crippen molar-refractivity contribution in [1.82, 2.24) is 9.88 Å². The van der Waals surface area contributed by atoms with Crippen molar-refractivity contribution < 1.29 is 22.7 Å². The summed E-state index contributed by atoms with van der Waals surface area (Å²) in [5.74, 6) is -0.381. The average Bonchev–Trinajstić information content (AvgIpc) is 3.13. The highest BCUT2D eigenvalue weighted by atomic mass is 79.9. The molecule has 0 aliphatic rings. The molecule has 11 heteroatoms. The summed E-state index contributed by atoms with van der Waals surface area (Å²) in [4.78, 5) is 18.9. The normalized spacial score (nSPS) is 11.5. The highest BCUT2D eigenvalue weighted by molar-refractivity contribution is 9.11. The summed E-state index contributed by atoms with van der Waals surface area (Å²) in [5, 5.41) is 3.60. The standard InChI is InChI=1S/C21H18Br2F3N3O2S/c1-12(2)29(11-13-4-3-5-14(8-13)19-27-10-18(23)32-19)20(30)28-17-7-6-15(9-16(17)22)31-21(24,25)26/h3-10,12H,11H2,1-2H3,(H,28,30). The van der Waals surface area contributed by atoms with E-state index < -0.39 is 6.36 Å². The number of nitrogens with zero attached hydrogens (tertiary/aromatic N) is 2. The fraction of sp³-hybridized carbons (Fsp3) is 0.238. The van der Waals surface area contributed by atoms with E-state index in [0.29, 0.717) is 12.2 Å². The Balaban J connectivity index is 1.74. The van der Waals surface area contributed by atoms with Crippen LogP contribution in [0.25, 0.3) is 10.6 Å². The first-order valence-electron chi connectivity index (χ1n) is 9.35. The topological polar surface area (TPSA) is 54.5 Å². The Hall–Kier alpha value is -2.11. The largest absolute Gasteiger partial charge is 0.573 e. The van der Waals surface area contributed by atoms with E-state index in [9.17, 15) is 18.0 Å². The van der Waals surface area contributed by atoms with Crippen LogP contribution in [0.1, 0.15) is 19.4 Å². The van der Waals surface area contributed by atoms with Crippen molar-refractivity contribution in [2.24, 2.45) is 0 Å². The molecule has 0 unspecified atom stereocenters. The van der Waals surface area contributed by atoms with Gasteiger partial charge >= 0.3 is 12.4 Å². The van der Waals surface area contributed by atoms with E-state index in [4.69, 9.17) is 0 Å². The summed E-state index contributed by atoms with van der Waals surface area (Å²) >= 11 is 8.11. The molecule has 0 aliphatic carbocycles. The first-order valence-corrected chi connectivity index (χ1v) is 11.8. The summed E-state index contributed by atoms with van der Waals surface area (Å²) in [6.07, 6.45) is -3.05. The zero-order valence-electron chi connectivity index (χ0n) is 16.9. The number of hydrogen-bond donors (Lipinski definition) is 1. The number of thiazole rings is 1. The lowest BCUT2D eigenvalue weighted by Gasteiger charge is -2.27. The maximum absolute atomic E-state index is 12.9. The first-order chi connectivity index (χ1) is 15.0. The minimum absolute atomic E-state index is 0.126. The summed E-state index contributed by atoms with van der Waals surface area (Å²) in [6, 6.07) is 10.9. The molecule has 0 bridgehead atoms. The van der Waals surface area contributed by atoms with Crippen LogP contribution in [-0.2, 0) is 6.54 Å². The van der Waals surface area contributed by atoms with Gasteiger partial charge in [-0.05, 0) is 75.5 Å². The Kier molecular flexibility index (Phi) is 7.84. The number of alkyl halides is 3. The van der Waals surface area contributed by atoms with E-state index in [1.165, 1.54) is 17.4 Å². The van der Waals surface area contributed by atoms with Crippen LogP contribution in [0.5, 0.6) is 5.75 Å². The second kappa shape index (κ2) is 10.2. The maximum Gasteiger partial charge on any atom is 0.573 e. The zero-order chi connectivity index (χ0) is 23.5. The van der Waals surface area contributed by atoms with Crippen molar-refractivity contribution in [3.63, 3.8) is 0 Å². The Bertz CT molecular complexity index is 1110. The lowest BCUT2D eigenvalue weighted by Crippen LogP contribution is -2.39. The van der Waals surface area contributed by atoms with Gasteiger partial charge in [0, 0.05) is 22.6 Å². The third-order valence-corrected chi connectivity index (χ3v) is 6.49. The third-order valence-electron chi connectivity index (χ3n) is 4.30. The summed E-state index contributed by atoms with van der Waals surface area (Å²) < 4.78 is 42.3. The number of anilines is 1. The van der Waals surface area contributed by atoms with Gasteiger partial charge in [0.15, 0.2) is 0 Å². The third kappa shape index (κ3) is 6.69. The van der Waals surface area contributed by atoms with E-state index in [1.54, 1.807) is 11.1 Å². The van der Waals surface area contributed by atoms with E-state index in [0.717, 1.165) is 32.1 Å². The number of ether oxygens (including phenoxy) is 1. The van der Waals surface area contributed by atoms with Crippen LogP contribution in [0.2, 0.25) is 0 Å². The van der Waals surface area contributed by atoms with Crippen molar-refractivity contribution in [2.75, 3.05) is 5.32 Å². The van der Waals surface area contributed by atoms with Crippen molar-refractivity contribution >= 4 is 54.9 Å². The number of aromatic nitrogens is 1. The van der Waals surface area contributed by atoms with Crippen molar-refractivity contribution in [3.05, 3.63) is 62.5 Å². The smallest absolute Gasteiger partial charge is 0.406 e. The number of carbonyl (C=O) groups is 1. The van der Waals surface area contributed by atoms with Crippen LogP contribution in [0.4, 0.5) is 23.7 Å². The molecule has 1 N–H and O–H groups in total. The maximum atomic E-state index is 12.9. The quantitative estimate of drug-likeness (QED) is 0.319. The number of carbonyl (C=O) groups excluding carboxylic acids is 1. The van der Waals surface area contributed by atoms with Gasteiger partial charge in [-0.25, -0.2) is 9.78 Å². The second-order valence-electron chi connectivity index (χ2n) is 7.01. The van der Waals surface area contributed by atoms with Gasteiger partial charge in [-0.3, -0.25) is 0 Å². The molecule has 3 rings (SSSR count). The van der Waals surface area contributed by atoms with E-state index in [2.05, 4.69) is 46.9 Å². The number of rotatable bonds is 6.